The quantitative estimate of drug-likeness (QED) is 0.343. The van der Waals surface area contributed by atoms with Crippen LogP contribution in [0.4, 0.5) is 0 Å². The molecule has 50 valence electrons. The molecule has 0 aliphatic carbocycles. The van der Waals surface area contributed by atoms with Gasteiger partial charge in [0.25, 0.3) is 0 Å². The van der Waals surface area contributed by atoms with Crippen LogP contribution >= 0.6 is 0 Å². The highest BCUT2D eigenvalue weighted by Gasteiger charge is 2.03. The Morgan fingerprint density at radius 2 is 2.00 bits per heavy atom. The lowest BCUT2D eigenvalue weighted by atomic mass is 10.1. The summed E-state index contributed by atoms with van der Waals surface area (Å²) in [6.07, 6.45) is 0. The lowest BCUT2D eigenvalue weighted by Gasteiger charge is -2.13. The van der Waals surface area contributed by atoms with Gasteiger partial charge >= 0.3 is 0 Å². The molecule has 0 amide bonds. The van der Waals surface area contributed by atoms with Gasteiger partial charge in [0.2, 0.25) is 0 Å². The van der Waals surface area contributed by atoms with E-state index in [0.717, 1.165) is 0 Å². The minimum atomic E-state index is 0.181. The number of nitrogens with one attached hydrogen (secondary N) is 1. The monoisotopic (exact) mass is 117 g/mol. The molecule has 0 radical (unpaired) electrons. The molecule has 0 heterocycles. The van der Waals surface area contributed by atoms with Crippen LogP contribution in [0.5, 0.6) is 0 Å². The predicted molar refractivity (Wildman–Crippen MR) is 35.0 cm³/mol. The highest BCUT2D eigenvalue weighted by Crippen LogP contribution is 1.94. The number of hydrogen-bond acceptors (Lipinski definition) is 3. The van der Waals surface area contributed by atoms with Crippen molar-refractivity contribution in [2.24, 2.45) is 17.5 Å². The van der Waals surface area contributed by atoms with Gasteiger partial charge in [-0.25, -0.2) is 0 Å². The molecule has 3 nitrogen and oxygen atoms in total. The highest BCUT2D eigenvalue weighted by atomic mass is 15.2. The molecule has 0 aromatic heterocycles. The van der Waals surface area contributed by atoms with Crippen molar-refractivity contribution in [2.75, 3.05) is 6.54 Å². The molecular weight excluding hydrogens is 102 g/mol. The van der Waals surface area contributed by atoms with Crippen LogP contribution < -0.4 is 17.0 Å². The number of nitrogens with two attached hydrogens (primary N) is 2. The van der Waals surface area contributed by atoms with Crippen molar-refractivity contribution >= 4 is 0 Å². The molecule has 8 heavy (non-hydrogen) atoms. The molecule has 3 heteroatoms. The van der Waals surface area contributed by atoms with Crippen LogP contribution in [0.1, 0.15) is 13.8 Å². The third-order valence-electron chi connectivity index (χ3n) is 1.21. The Balaban J connectivity index is 3.17. The fourth-order valence-corrected chi connectivity index (χ4v) is 0.372. The second kappa shape index (κ2) is 3.83. The zero-order valence-corrected chi connectivity index (χ0v) is 5.52. The van der Waals surface area contributed by atoms with E-state index in [1.807, 2.05) is 0 Å². The van der Waals surface area contributed by atoms with Gasteiger partial charge in [0, 0.05) is 12.6 Å². The van der Waals surface area contributed by atoms with Gasteiger partial charge in [-0.1, -0.05) is 13.8 Å². The van der Waals surface area contributed by atoms with Crippen molar-refractivity contribution in [3.63, 3.8) is 0 Å². The van der Waals surface area contributed by atoms with Crippen LogP contribution in [-0.2, 0) is 0 Å². The van der Waals surface area contributed by atoms with Crippen LogP contribution in [-0.4, -0.2) is 12.6 Å². The molecule has 0 aromatic carbocycles. The Hall–Kier alpha value is -0.120. The van der Waals surface area contributed by atoms with Crippen LogP contribution in [0.2, 0.25) is 0 Å². The summed E-state index contributed by atoms with van der Waals surface area (Å²) >= 11 is 0. The van der Waals surface area contributed by atoms with E-state index in [1.54, 1.807) is 0 Å². The number of rotatable bonds is 3. The van der Waals surface area contributed by atoms with Crippen molar-refractivity contribution in [3.8, 4) is 0 Å². The van der Waals surface area contributed by atoms with Gasteiger partial charge in [-0.05, 0) is 5.92 Å². The van der Waals surface area contributed by atoms with Gasteiger partial charge in [0.15, 0.2) is 0 Å². The van der Waals surface area contributed by atoms with Gasteiger partial charge in [-0.3, -0.25) is 11.3 Å². The molecule has 0 saturated heterocycles. The normalized spacial score (nSPS) is 14.6. The largest absolute Gasteiger partial charge is 0.326 e. The van der Waals surface area contributed by atoms with Crippen molar-refractivity contribution in [3.05, 3.63) is 0 Å². The molecular formula is C5H15N3. The second-order valence-electron chi connectivity index (χ2n) is 2.32. The second-order valence-corrected chi connectivity index (χ2v) is 2.32. The van der Waals surface area contributed by atoms with E-state index in [9.17, 15) is 0 Å². The summed E-state index contributed by atoms with van der Waals surface area (Å²) in [7, 11) is 0. The van der Waals surface area contributed by atoms with Crippen molar-refractivity contribution in [1.82, 2.24) is 5.43 Å². The lowest BCUT2D eigenvalue weighted by molar-refractivity contribution is 0.464. The Bertz CT molecular complexity index is 53.6. The predicted octanol–water partition coefficient (Wildman–Crippen LogP) is -0.567. The maximum atomic E-state index is 5.58. The molecule has 0 fully saturated rings. The first-order chi connectivity index (χ1) is 3.68. The minimum Gasteiger partial charge on any atom is -0.326 e. The summed E-state index contributed by atoms with van der Waals surface area (Å²) in [5.41, 5.74) is 8.11. The van der Waals surface area contributed by atoms with Crippen LogP contribution in [0.15, 0.2) is 0 Å². The molecule has 0 aliphatic heterocycles. The SMILES string of the molecule is CC(C)C(N)CNN. The maximum absolute atomic E-state index is 5.58. The average molecular weight is 117 g/mol. The van der Waals surface area contributed by atoms with E-state index in [1.165, 1.54) is 0 Å². The van der Waals surface area contributed by atoms with Gasteiger partial charge < -0.3 is 5.73 Å². The Labute approximate surface area is 50.4 Å². The smallest absolute Gasteiger partial charge is 0.0252 e. The minimum absolute atomic E-state index is 0.181. The lowest BCUT2D eigenvalue weighted by Crippen LogP contribution is -2.40. The molecule has 5 N–H and O–H groups in total. The molecule has 0 saturated carbocycles. The van der Waals surface area contributed by atoms with Crippen LogP contribution in [0.3, 0.4) is 0 Å². The fourth-order valence-electron chi connectivity index (χ4n) is 0.372. The summed E-state index contributed by atoms with van der Waals surface area (Å²) in [5, 5.41) is 0. The van der Waals surface area contributed by atoms with E-state index in [2.05, 4.69) is 19.3 Å². The topological polar surface area (TPSA) is 64.1 Å². The Kier molecular flexibility index (Phi) is 3.77. The molecule has 0 bridgehead atoms. The fraction of sp³-hybridized carbons (Fsp3) is 1.00. The van der Waals surface area contributed by atoms with Crippen molar-refractivity contribution in [2.45, 2.75) is 19.9 Å². The zero-order valence-electron chi connectivity index (χ0n) is 5.52. The first kappa shape index (κ1) is 7.88. The molecule has 0 rings (SSSR count). The third kappa shape index (κ3) is 2.96. The molecule has 0 aliphatic rings. The van der Waals surface area contributed by atoms with Gasteiger partial charge in [0.1, 0.15) is 0 Å². The Morgan fingerprint density at radius 1 is 1.50 bits per heavy atom. The summed E-state index contributed by atoms with van der Waals surface area (Å²) in [6.45, 7) is 4.84. The Morgan fingerprint density at radius 3 is 2.12 bits per heavy atom. The van der Waals surface area contributed by atoms with Crippen molar-refractivity contribution in [1.29, 1.82) is 0 Å². The third-order valence-corrected chi connectivity index (χ3v) is 1.21. The zero-order chi connectivity index (χ0) is 6.57. The van der Waals surface area contributed by atoms with Crippen LogP contribution in [0, 0.1) is 5.92 Å². The van der Waals surface area contributed by atoms with Gasteiger partial charge in [0.05, 0.1) is 0 Å². The highest BCUT2D eigenvalue weighted by molar-refractivity contribution is 4.65. The van der Waals surface area contributed by atoms with E-state index >= 15 is 0 Å². The summed E-state index contributed by atoms with van der Waals surface area (Å²) in [5.74, 6) is 5.54. The van der Waals surface area contributed by atoms with Crippen molar-refractivity contribution < 1.29 is 0 Å². The summed E-state index contributed by atoms with van der Waals surface area (Å²) < 4.78 is 0. The average Bonchev–Trinajstić information content (AvgIpc) is 1.67. The van der Waals surface area contributed by atoms with E-state index < -0.39 is 0 Å². The van der Waals surface area contributed by atoms with Crippen LogP contribution in [0.25, 0.3) is 0 Å². The summed E-state index contributed by atoms with van der Waals surface area (Å²) in [4.78, 5) is 0. The molecule has 0 aromatic rings. The first-order valence-corrected chi connectivity index (χ1v) is 2.87. The maximum Gasteiger partial charge on any atom is 0.0252 e. The van der Waals surface area contributed by atoms with E-state index in [4.69, 9.17) is 11.6 Å². The summed E-state index contributed by atoms with van der Waals surface area (Å²) in [6, 6.07) is 0.181. The molecule has 0 spiro atoms. The van der Waals surface area contributed by atoms with E-state index in [-0.39, 0.29) is 6.04 Å². The standard InChI is InChI=1S/C5H15N3/c1-4(2)5(6)3-8-7/h4-5,8H,3,6-7H2,1-2H3. The molecule has 1 atom stereocenters. The number of hydrogen-bond donors (Lipinski definition) is 3. The van der Waals surface area contributed by atoms with Gasteiger partial charge in [-0.15, -0.1) is 0 Å². The van der Waals surface area contributed by atoms with E-state index in [0.29, 0.717) is 12.5 Å². The first-order valence-electron chi connectivity index (χ1n) is 2.87. The number of hydrazine groups is 1. The molecule has 1 unspecified atom stereocenters. The van der Waals surface area contributed by atoms with Gasteiger partial charge in [-0.2, -0.15) is 0 Å².